The van der Waals surface area contributed by atoms with Crippen LogP contribution in [0.3, 0.4) is 0 Å². The topological polar surface area (TPSA) is 38.0 Å². The predicted molar refractivity (Wildman–Crippen MR) is 53.0 cm³/mol. The Morgan fingerprint density at radius 2 is 2.00 bits per heavy atom. The average molecular weight is 257 g/mol. The van der Waals surface area contributed by atoms with Gasteiger partial charge in [-0.3, -0.25) is 4.68 Å². The molecule has 1 N–H and O–H groups in total. The summed E-state index contributed by atoms with van der Waals surface area (Å²) in [4.78, 5) is 0. The lowest BCUT2D eigenvalue weighted by atomic mass is 10.2. The molecule has 0 saturated heterocycles. The average Bonchev–Trinajstić information content (AvgIpc) is 2.42. The Balaban J connectivity index is 3.20. The highest BCUT2D eigenvalue weighted by molar-refractivity contribution is 6.30. The molecule has 1 heterocycles. The molecule has 0 aromatic carbocycles. The number of rotatable bonds is 3. The van der Waals surface area contributed by atoms with Gasteiger partial charge in [-0.25, -0.2) is 0 Å². The summed E-state index contributed by atoms with van der Waals surface area (Å²) in [6, 6.07) is 0. The third kappa shape index (κ3) is 2.68. The molecule has 0 bridgehead atoms. The van der Waals surface area contributed by atoms with E-state index >= 15 is 0 Å². The monoisotopic (exact) mass is 256 g/mol. The minimum absolute atomic E-state index is 0.116. The van der Waals surface area contributed by atoms with Crippen molar-refractivity contribution in [3.8, 4) is 0 Å². The van der Waals surface area contributed by atoms with Crippen LogP contribution < -0.4 is 0 Å². The second-order valence-corrected chi connectivity index (χ2v) is 4.21. The molecule has 0 radical (unpaired) electrons. The van der Waals surface area contributed by atoms with Gasteiger partial charge in [0.15, 0.2) is 5.69 Å². The minimum Gasteiger partial charge on any atom is -0.391 e. The zero-order chi connectivity index (χ0) is 12.5. The number of hydrogen-bond donors (Lipinski definition) is 1. The lowest BCUT2D eigenvalue weighted by molar-refractivity contribution is -0.142. The van der Waals surface area contributed by atoms with E-state index in [0.717, 1.165) is 4.68 Å². The quantitative estimate of drug-likeness (QED) is 0.903. The van der Waals surface area contributed by atoms with Gasteiger partial charge in [-0.2, -0.15) is 18.3 Å². The predicted octanol–water partition coefficient (Wildman–Crippen LogP) is 2.70. The Labute approximate surface area is 95.8 Å². The molecular weight excluding hydrogens is 245 g/mol. The van der Waals surface area contributed by atoms with Crippen LogP contribution in [0.4, 0.5) is 13.2 Å². The molecule has 0 fully saturated rings. The van der Waals surface area contributed by atoms with Gasteiger partial charge in [0.05, 0.1) is 6.61 Å². The minimum atomic E-state index is -4.59. The van der Waals surface area contributed by atoms with E-state index in [1.54, 1.807) is 0 Å². The highest BCUT2D eigenvalue weighted by Gasteiger charge is 2.38. The SMILES string of the molecule is CC(C)Cn1nc(C(F)(F)F)c(CO)c1Cl. The van der Waals surface area contributed by atoms with Gasteiger partial charge in [0.1, 0.15) is 5.15 Å². The summed E-state index contributed by atoms with van der Waals surface area (Å²) >= 11 is 5.72. The van der Waals surface area contributed by atoms with Crippen LogP contribution in [0, 0.1) is 5.92 Å². The van der Waals surface area contributed by atoms with Crippen LogP contribution in [-0.4, -0.2) is 14.9 Å². The van der Waals surface area contributed by atoms with Crippen molar-refractivity contribution in [1.82, 2.24) is 9.78 Å². The van der Waals surface area contributed by atoms with Crippen molar-refractivity contribution in [2.75, 3.05) is 0 Å². The Kier molecular flexibility index (Phi) is 3.85. The molecule has 1 aromatic rings. The lowest BCUT2D eigenvalue weighted by Crippen LogP contribution is -2.11. The summed E-state index contributed by atoms with van der Waals surface area (Å²) < 4.78 is 38.6. The molecule has 0 saturated carbocycles. The van der Waals surface area contributed by atoms with Crippen molar-refractivity contribution in [3.05, 3.63) is 16.4 Å². The molecular formula is C9H12ClF3N2O. The third-order valence-electron chi connectivity index (χ3n) is 1.95. The molecule has 0 atom stereocenters. The molecule has 0 aliphatic rings. The molecule has 0 aliphatic heterocycles. The van der Waals surface area contributed by atoms with Crippen molar-refractivity contribution in [1.29, 1.82) is 0 Å². The maximum Gasteiger partial charge on any atom is 0.435 e. The molecule has 0 spiro atoms. The van der Waals surface area contributed by atoms with Crippen LogP contribution in [0.1, 0.15) is 25.1 Å². The molecule has 0 unspecified atom stereocenters. The van der Waals surface area contributed by atoms with Gasteiger partial charge in [-0.15, -0.1) is 0 Å². The fourth-order valence-corrected chi connectivity index (χ4v) is 1.57. The standard InChI is InChI=1S/C9H12ClF3N2O/c1-5(2)3-15-8(10)6(4-16)7(14-15)9(11,12)13/h5,16H,3-4H2,1-2H3. The molecule has 7 heteroatoms. The van der Waals surface area contributed by atoms with Gasteiger partial charge in [0, 0.05) is 12.1 Å². The van der Waals surface area contributed by atoms with E-state index in [2.05, 4.69) is 5.10 Å². The van der Waals surface area contributed by atoms with Crippen molar-refractivity contribution in [2.45, 2.75) is 33.2 Å². The Bertz CT molecular complexity index is 374. The van der Waals surface area contributed by atoms with E-state index in [1.807, 2.05) is 13.8 Å². The highest BCUT2D eigenvalue weighted by Crippen LogP contribution is 2.34. The number of nitrogens with zero attached hydrogens (tertiary/aromatic N) is 2. The number of hydrogen-bond acceptors (Lipinski definition) is 2. The highest BCUT2D eigenvalue weighted by atomic mass is 35.5. The summed E-state index contributed by atoms with van der Waals surface area (Å²) in [6.45, 7) is 3.18. The Hall–Kier alpha value is -0.750. The van der Waals surface area contributed by atoms with Gasteiger partial charge in [0.25, 0.3) is 0 Å². The Morgan fingerprint density at radius 3 is 2.31 bits per heavy atom. The van der Waals surface area contributed by atoms with Crippen LogP contribution in [0.5, 0.6) is 0 Å². The van der Waals surface area contributed by atoms with Crippen LogP contribution in [0.25, 0.3) is 0 Å². The number of alkyl halides is 3. The first-order valence-electron chi connectivity index (χ1n) is 4.70. The van der Waals surface area contributed by atoms with Gasteiger partial charge < -0.3 is 5.11 Å². The summed E-state index contributed by atoms with van der Waals surface area (Å²) in [5, 5.41) is 12.1. The maximum absolute atomic E-state index is 12.5. The summed E-state index contributed by atoms with van der Waals surface area (Å²) in [5.74, 6) is 0.116. The number of aliphatic hydroxyl groups excluding tert-OH is 1. The molecule has 0 amide bonds. The van der Waals surface area contributed by atoms with Crippen molar-refractivity contribution >= 4 is 11.6 Å². The van der Waals surface area contributed by atoms with Crippen LogP contribution >= 0.6 is 11.6 Å². The fourth-order valence-electron chi connectivity index (χ4n) is 1.31. The second kappa shape index (κ2) is 4.63. The first kappa shape index (κ1) is 13.3. The number of halogens is 4. The van der Waals surface area contributed by atoms with Crippen molar-refractivity contribution in [3.63, 3.8) is 0 Å². The van der Waals surface area contributed by atoms with Gasteiger partial charge in [0.2, 0.25) is 0 Å². The van der Waals surface area contributed by atoms with E-state index < -0.39 is 18.5 Å². The van der Waals surface area contributed by atoms with Crippen molar-refractivity contribution in [2.24, 2.45) is 5.92 Å². The summed E-state index contributed by atoms with van der Waals surface area (Å²) in [5.41, 5.74) is -1.48. The second-order valence-electron chi connectivity index (χ2n) is 3.85. The van der Waals surface area contributed by atoms with E-state index in [-0.39, 0.29) is 23.2 Å². The first-order valence-corrected chi connectivity index (χ1v) is 5.08. The Morgan fingerprint density at radius 1 is 1.44 bits per heavy atom. The van der Waals surface area contributed by atoms with E-state index in [9.17, 15) is 13.2 Å². The third-order valence-corrected chi connectivity index (χ3v) is 2.37. The van der Waals surface area contributed by atoms with Crippen LogP contribution in [0.2, 0.25) is 5.15 Å². The molecule has 16 heavy (non-hydrogen) atoms. The van der Waals surface area contributed by atoms with E-state index in [4.69, 9.17) is 16.7 Å². The fraction of sp³-hybridized carbons (Fsp3) is 0.667. The number of aromatic nitrogens is 2. The molecule has 3 nitrogen and oxygen atoms in total. The van der Waals surface area contributed by atoms with Gasteiger partial charge in [-0.05, 0) is 5.92 Å². The molecule has 0 aliphatic carbocycles. The zero-order valence-electron chi connectivity index (χ0n) is 8.85. The van der Waals surface area contributed by atoms with Crippen LogP contribution in [-0.2, 0) is 19.3 Å². The van der Waals surface area contributed by atoms with Crippen LogP contribution in [0.15, 0.2) is 0 Å². The zero-order valence-corrected chi connectivity index (χ0v) is 9.60. The summed E-state index contributed by atoms with van der Waals surface area (Å²) in [7, 11) is 0. The van der Waals surface area contributed by atoms with Crippen molar-refractivity contribution < 1.29 is 18.3 Å². The molecule has 1 aromatic heterocycles. The van der Waals surface area contributed by atoms with Gasteiger partial charge >= 0.3 is 6.18 Å². The normalized spacial score (nSPS) is 12.5. The summed E-state index contributed by atoms with van der Waals surface area (Å²) in [6.07, 6.45) is -4.59. The van der Waals surface area contributed by atoms with E-state index in [0.29, 0.717) is 0 Å². The molecule has 1 rings (SSSR count). The van der Waals surface area contributed by atoms with Gasteiger partial charge in [-0.1, -0.05) is 25.4 Å². The maximum atomic E-state index is 12.5. The van der Waals surface area contributed by atoms with E-state index in [1.165, 1.54) is 0 Å². The lowest BCUT2D eigenvalue weighted by Gasteiger charge is -2.05. The largest absolute Gasteiger partial charge is 0.435 e. The smallest absolute Gasteiger partial charge is 0.391 e. The number of aliphatic hydroxyl groups is 1. The first-order chi connectivity index (χ1) is 7.27. The molecule has 92 valence electrons.